The Labute approximate surface area is 134 Å². The fraction of sp³-hybridized carbons (Fsp3) is 0.235. The van der Waals surface area contributed by atoms with Gasteiger partial charge in [0, 0.05) is 5.88 Å². The maximum Gasteiger partial charge on any atom is 0.338 e. The van der Waals surface area contributed by atoms with Crippen molar-refractivity contribution in [3.63, 3.8) is 0 Å². The SMILES string of the molecule is O=C(OCCC(Cl)CCl)c1ccccc1-c1ccccc1. The van der Waals surface area contributed by atoms with Crippen molar-refractivity contribution in [2.24, 2.45) is 0 Å². The normalized spacial score (nSPS) is 11.9. The molecular formula is C17H16Cl2O2. The van der Waals surface area contributed by atoms with Gasteiger partial charge in [-0.1, -0.05) is 48.5 Å². The topological polar surface area (TPSA) is 26.3 Å². The molecule has 110 valence electrons. The van der Waals surface area contributed by atoms with Crippen molar-refractivity contribution < 1.29 is 9.53 Å². The molecule has 0 radical (unpaired) electrons. The Hall–Kier alpha value is -1.51. The van der Waals surface area contributed by atoms with Crippen molar-refractivity contribution in [2.45, 2.75) is 11.8 Å². The van der Waals surface area contributed by atoms with E-state index in [-0.39, 0.29) is 18.0 Å². The summed E-state index contributed by atoms with van der Waals surface area (Å²) in [6.07, 6.45) is 0.546. The summed E-state index contributed by atoms with van der Waals surface area (Å²) in [5, 5.41) is -0.177. The van der Waals surface area contributed by atoms with E-state index in [1.807, 2.05) is 48.5 Å². The maximum absolute atomic E-state index is 12.2. The fourth-order valence-electron chi connectivity index (χ4n) is 1.96. The van der Waals surface area contributed by atoms with Gasteiger partial charge >= 0.3 is 5.97 Å². The predicted octanol–water partition coefficient (Wildman–Crippen LogP) is 4.75. The van der Waals surface area contributed by atoms with Gasteiger partial charge in [0.2, 0.25) is 0 Å². The van der Waals surface area contributed by atoms with Crippen LogP contribution in [0.25, 0.3) is 11.1 Å². The average Bonchev–Trinajstić information content (AvgIpc) is 2.55. The van der Waals surface area contributed by atoms with Gasteiger partial charge in [-0.15, -0.1) is 23.2 Å². The van der Waals surface area contributed by atoms with E-state index in [2.05, 4.69) is 0 Å². The second-order valence-electron chi connectivity index (χ2n) is 4.59. The molecule has 0 fully saturated rings. The lowest BCUT2D eigenvalue weighted by Gasteiger charge is -2.10. The molecule has 2 aromatic rings. The van der Waals surface area contributed by atoms with Crippen LogP contribution < -0.4 is 0 Å². The minimum Gasteiger partial charge on any atom is -0.462 e. The van der Waals surface area contributed by atoms with Gasteiger partial charge in [0.25, 0.3) is 0 Å². The molecule has 0 aromatic heterocycles. The number of rotatable bonds is 6. The molecule has 0 bridgehead atoms. The Kier molecular flexibility index (Phi) is 6.09. The molecular weight excluding hydrogens is 307 g/mol. The highest BCUT2D eigenvalue weighted by molar-refractivity contribution is 6.28. The van der Waals surface area contributed by atoms with Crippen molar-refractivity contribution in [1.82, 2.24) is 0 Å². The van der Waals surface area contributed by atoms with E-state index in [4.69, 9.17) is 27.9 Å². The monoisotopic (exact) mass is 322 g/mol. The molecule has 1 atom stereocenters. The van der Waals surface area contributed by atoms with Crippen LogP contribution in [0, 0.1) is 0 Å². The molecule has 0 spiro atoms. The molecule has 0 saturated carbocycles. The molecule has 0 heterocycles. The Bertz CT molecular complexity index is 584. The number of halogens is 2. The molecule has 2 aromatic carbocycles. The van der Waals surface area contributed by atoms with Crippen molar-refractivity contribution in [3.05, 3.63) is 60.2 Å². The second kappa shape index (κ2) is 8.06. The van der Waals surface area contributed by atoms with Gasteiger partial charge in [-0.05, 0) is 23.6 Å². The molecule has 0 aliphatic rings. The largest absolute Gasteiger partial charge is 0.462 e. The summed E-state index contributed by atoms with van der Waals surface area (Å²) in [5.74, 6) is 0.00702. The molecule has 1 unspecified atom stereocenters. The van der Waals surface area contributed by atoms with E-state index in [0.717, 1.165) is 11.1 Å². The van der Waals surface area contributed by atoms with Crippen LogP contribution in [0.15, 0.2) is 54.6 Å². The number of ether oxygens (including phenoxy) is 1. The van der Waals surface area contributed by atoms with Gasteiger partial charge in [0.15, 0.2) is 0 Å². The number of alkyl halides is 2. The first-order chi connectivity index (χ1) is 10.2. The summed E-state index contributed by atoms with van der Waals surface area (Å²) in [6, 6.07) is 17.2. The molecule has 0 N–H and O–H groups in total. The third kappa shape index (κ3) is 4.48. The first-order valence-corrected chi connectivity index (χ1v) is 7.71. The summed E-state index contributed by atoms with van der Waals surface area (Å²) in [5.41, 5.74) is 2.41. The van der Waals surface area contributed by atoms with Crippen LogP contribution in [0.2, 0.25) is 0 Å². The zero-order valence-corrected chi connectivity index (χ0v) is 13.0. The number of hydrogen-bond donors (Lipinski definition) is 0. The molecule has 0 saturated heterocycles. The van der Waals surface area contributed by atoms with E-state index in [1.54, 1.807) is 6.07 Å². The lowest BCUT2D eigenvalue weighted by molar-refractivity contribution is 0.0502. The molecule has 2 rings (SSSR count). The van der Waals surface area contributed by atoms with Crippen LogP contribution in [-0.4, -0.2) is 23.8 Å². The van der Waals surface area contributed by atoms with Crippen LogP contribution in [0.1, 0.15) is 16.8 Å². The zero-order chi connectivity index (χ0) is 15.1. The van der Waals surface area contributed by atoms with E-state index in [1.165, 1.54) is 0 Å². The van der Waals surface area contributed by atoms with Crippen molar-refractivity contribution in [2.75, 3.05) is 12.5 Å². The Morgan fingerprint density at radius 3 is 2.43 bits per heavy atom. The second-order valence-corrected chi connectivity index (χ2v) is 5.51. The van der Waals surface area contributed by atoms with E-state index in [9.17, 15) is 4.79 Å². The zero-order valence-electron chi connectivity index (χ0n) is 11.5. The van der Waals surface area contributed by atoms with Gasteiger partial charge in [0.1, 0.15) is 0 Å². The summed E-state index contributed by atoms with van der Waals surface area (Å²) in [7, 11) is 0. The smallest absolute Gasteiger partial charge is 0.338 e. The Balaban J connectivity index is 2.11. The first-order valence-electron chi connectivity index (χ1n) is 6.74. The van der Waals surface area contributed by atoms with Crippen LogP contribution in [0.5, 0.6) is 0 Å². The highest BCUT2D eigenvalue weighted by Gasteiger charge is 2.14. The molecule has 0 amide bonds. The van der Waals surface area contributed by atoms with Gasteiger partial charge in [-0.25, -0.2) is 4.79 Å². The third-order valence-corrected chi connectivity index (χ3v) is 3.97. The lowest BCUT2D eigenvalue weighted by atomic mass is 10.00. The van der Waals surface area contributed by atoms with Gasteiger partial charge in [-0.3, -0.25) is 0 Å². The first kappa shape index (κ1) is 15.9. The number of hydrogen-bond acceptors (Lipinski definition) is 2. The van der Waals surface area contributed by atoms with Gasteiger partial charge in [-0.2, -0.15) is 0 Å². The summed E-state index contributed by atoms with van der Waals surface area (Å²) < 4.78 is 5.28. The van der Waals surface area contributed by atoms with Crippen LogP contribution in [0.3, 0.4) is 0 Å². The number of carbonyl (C=O) groups excluding carboxylic acids is 1. The number of carbonyl (C=O) groups is 1. The van der Waals surface area contributed by atoms with Crippen molar-refractivity contribution in [1.29, 1.82) is 0 Å². The van der Waals surface area contributed by atoms with Crippen molar-refractivity contribution in [3.8, 4) is 11.1 Å². The third-order valence-electron chi connectivity index (χ3n) is 3.06. The Morgan fingerprint density at radius 1 is 1.05 bits per heavy atom. The molecule has 0 aliphatic carbocycles. The molecule has 0 aliphatic heterocycles. The quantitative estimate of drug-likeness (QED) is 0.566. The standard InChI is InChI=1S/C17H16Cl2O2/c18-12-14(19)10-11-21-17(20)16-9-5-4-8-15(16)13-6-2-1-3-7-13/h1-9,14H,10-12H2. The summed E-state index contributed by atoms with van der Waals surface area (Å²) in [4.78, 5) is 12.2. The Morgan fingerprint density at radius 2 is 1.71 bits per heavy atom. The molecule has 4 heteroatoms. The van der Waals surface area contributed by atoms with Crippen LogP contribution in [-0.2, 0) is 4.74 Å². The fourth-order valence-corrected chi connectivity index (χ4v) is 2.21. The predicted molar refractivity (Wildman–Crippen MR) is 87.1 cm³/mol. The minimum atomic E-state index is -0.340. The van der Waals surface area contributed by atoms with Crippen LogP contribution >= 0.6 is 23.2 Å². The summed E-state index contributed by atoms with van der Waals surface area (Å²) >= 11 is 11.5. The molecule has 2 nitrogen and oxygen atoms in total. The van der Waals surface area contributed by atoms with E-state index in [0.29, 0.717) is 17.9 Å². The number of benzene rings is 2. The van der Waals surface area contributed by atoms with Gasteiger partial charge < -0.3 is 4.74 Å². The van der Waals surface area contributed by atoms with E-state index >= 15 is 0 Å². The van der Waals surface area contributed by atoms with Crippen molar-refractivity contribution >= 4 is 29.2 Å². The highest BCUT2D eigenvalue weighted by Crippen LogP contribution is 2.24. The minimum absolute atomic E-state index is 0.177. The number of esters is 1. The average molecular weight is 323 g/mol. The van der Waals surface area contributed by atoms with E-state index < -0.39 is 0 Å². The lowest BCUT2D eigenvalue weighted by Crippen LogP contribution is -2.12. The van der Waals surface area contributed by atoms with Crippen LogP contribution in [0.4, 0.5) is 0 Å². The van der Waals surface area contributed by atoms with Gasteiger partial charge in [0.05, 0.1) is 17.5 Å². The highest BCUT2D eigenvalue weighted by atomic mass is 35.5. The maximum atomic E-state index is 12.2. The summed E-state index contributed by atoms with van der Waals surface area (Å²) in [6.45, 7) is 0.267. The molecule has 21 heavy (non-hydrogen) atoms.